The van der Waals surface area contributed by atoms with Gasteiger partial charge in [-0.05, 0) is 38.1 Å². The predicted octanol–water partition coefficient (Wildman–Crippen LogP) is 1.89. The Kier molecular flexibility index (Phi) is 4.74. The van der Waals surface area contributed by atoms with Crippen LogP contribution < -0.4 is 11.1 Å². The van der Waals surface area contributed by atoms with E-state index in [1.807, 2.05) is 0 Å². The molecule has 1 fully saturated rings. The van der Waals surface area contributed by atoms with Gasteiger partial charge in [0.15, 0.2) is 0 Å². The third kappa shape index (κ3) is 4.10. The van der Waals surface area contributed by atoms with E-state index in [2.05, 4.69) is 19.2 Å². The van der Waals surface area contributed by atoms with Crippen molar-refractivity contribution < 1.29 is 0 Å². The van der Waals surface area contributed by atoms with Crippen LogP contribution in [0.4, 0.5) is 0 Å². The minimum Gasteiger partial charge on any atom is -0.328 e. The SMILES string of the molecule is CCC(C)CNC1CCC(N)CC1. The van der Waals surface area contributed by atoms with Gasteiger partial charge in [0, 0.05) is 12.1 Å². The first-order chi connectivity index (χ1) is 6.22. The molecule has 0 spiro atoms. The van der Waals surface area contributed by atoms with E-state index in [9.17, 15) is 0 Å². The highest BCUT2D eigenvalue weighted by molar-refractivity contribution is 4.78. The standard InChI is InChI=1S/C11H24N2/c1-3-9(2)8-13-11-6-4-10(12)5-7-11/h9-11,13H,3-8,12H2,1-2H3. The Hall–Kier alpha value is -0.0800. The second-order valence-electron chi connectivity index (χ2n) is 4.53. The summed E-state index contributed by atoms with van der Waals surface area (Å²) in [6.45, 7) is 5.74. The molecular weight excluding hydrogens is 160 g/mol. The summed E-state index contributed by atoms with van der Waals surface area (Å²) in [4.78, 5) is 0. The van der Waals surface area contributed by atoms with E-state index in [0.717, 1.165) is 12.0 Å². The molecule has 0 aromatic heterocycles. The molecule has 0 heterocycles. The lowest BCUT2D eigenvalue weighted by molar-refractivity contribution is 0.326. The van der Waals surface area contributed by atoms with E-state index >= 15 is 0 Å². The van der Waals surface area contributed by atoms with Gasteiger partial charge >= 0.3 is 0 Å². The number of hydrogen-bond donors (Lipinski definition) is 2. The van der Waals surface area contributed by atoms with Crippen LogP contribution in [0.2, 0.25) is 0 Å². The summed E-state index contributed by atoms with van der Waals surface area (Å²) in [7, 11) is 0. The van der Waals surface area contributed by atoms with Crippen LogP contribution in [0.15, 0.2) is 0 Å². The van der Waals surface area contributed by atoms with Crippen LogP contribution in [-0.4, -0.2) is 18.6 Å². The van der Waals surface area contributed by atoms with E-state index in [-0.39, 0.29) is 0 Å². The predicted molar refractivity (Wildman–Crippen MR) is 57.7 cm³/mol. The molecule has 1 rings (SSSR count). The lowest BCUT2D eigenvalue weighted by Crippen LogP contribution is -2.39. The lowest BCUT2D eigenvalue weighted by atomic mass is 9.91. The molecule has 0 amide bonds. The molecule has 1 aliphatic carbocycles. The summed E-state index contributed by atoms with van der Waals surface area (Å²) >= 11 is 0. The molecule has 0 aromatic carbocycles. The maximum absolute atomic E-state index is 5.85. The zero-order chi connectivity index (χ0) is 9.68. The summed E-state index contributed by atoms with van der Waals surface area (Å²) in [5.41, 5.74) is 5.85. The van der Waals surface area contributed by atoms with Gasteiger partial charge in [-0.3, -0.25) is 0 Å². The average molecular weight is 184 g/mol. The molecule has 1 aliphatic rings. The molecule has 78 valence electrons. The van der Waals surface area contributed by atoms with Gasteiger partial charge in [-0.2, -0.15) is 0 Å². The first kappa shape index (κ1) is 11.0. The van der Waals surface area contributed by atoms with Crippen molar-refractivity contribution in [2.45, 2.75) is 58.0 Å². The molecule has 0 saturated heterocycles. The molecule has 1 atom stereocenters. The van der Waals surface area contributed by atoms with Crippen molar-refractivity contribution in [2.24, 2.45) is 11.7 Å². The van der Waals surface area contributed by atoms with Gasteiger partial charge < -0.3 is 11.1 Å². The molecule has 13 heavy (non-hydrogen) atoms. The summed E-state index contributed by atoms with van der Waals surface area (Å²) in [6.07, 6.45) is 6.24. The van der Waals surface area contributed by atoms with Crippen LogP contribution in [0.3, 0.4) is 0 Å². The highest BCUT2D eigenvalue weighted by Gasteiger charge is 2.17. The number of nitrogens with one attached hydrogen (secondary N) is 1. The zero-order valence-corrected chi connectivity index (χ0v) is 9.05. The fourth-order valence-electron chi connectivity index (χ4n) is 1.84. The molecule has 3 N–H and O–H groups in total. The molecular formula is C11H24N2. The highest BCUT2D eigenvalue weighted by atomic mass is 14.9. The van der Waals surface area contributed by atoms with E-state index in [1.165, 1.54) is 38.6 Å². The maximum Gasteiger partial charge on any atom is 0.00683 e. The van der Waals surface area contributed by atoms with Crippen LogP contribution in [0.25, 0.3) is 0 Å². The van der Waals surface area contributed by atoms with Gasteiger partial charge in [-0.25, -0.2) is 0 Å². The second-order valence-corrected chi connectivity index (χ2v) is 4.53. The minimum absolute atomic E-state index is 0.474. The van der Waals surface area contributed by atoms with Crippen molar-refractivity contribution in [2.75, 3.05) is 6.54 Å². The Morgan fingerprint density at radius 2 is 1.92 bits per heavy atom. The van der Waals surface area contributed by atoms with Crippen molar-refractivity contribution in [3.63, 3.8) is 0 Å². The Bertz CT molecular complexity index is 128. The van der Waals surface area contributed by atoms with E-state index in [1.54, 1.807) is 0 Å². The molecule has 1 unspecified atom stereocenters. The molecule has 0 bridgehead atoms. The van der Waals surface area contributed by atoms with E-state index in [4.69, 9.17) is 5.73 Å². The molecule has 2 nitrogen and oxygen atoms in total. The summed E-state index contributed by atoms with van der Waals surface area (Å²) < 4.78 is 0. The zero-order valence-electron chi connectivity index (χ0n) is 9.05. The Balaban J connectivity index is 2.08. The van der Waals surface area contributed by atoms with Gasteiger partial charge in [0.2, 0.25) is 0 Å². The van der Waals surface area contributed by atoms with Crippen molar-refractivity contribution >= 4 is 0 Å². The summed E-state index contributed by atoms with van der Waals surface area (Å²) in [5.74, 6) is 0.815. The van der Waals surface area contributed by atoms with Crippen molar-refractivity contribution in [3.8, 4) is 0 Å². The van der Waals surface area contributed by atoms with Crippen LogP contribution in [0.5, 0.6) is 0 Å². The monoisotopic (exact) mass is 184 g/mol. The van der Waals surface area contributed by atoms with E-state index < -0.39 is 0 Å². The lowest BCUT2D eigenvalue weighted by Gasteiger charge is -2.27. The average Bonchev–Trinajstić information content (AvgIpc) is 2.16. The van der Waals surface area contributed by atoms with Gasteiger partial charge in [0.05, 0.1) is 0 Å². The molecule has 1 saturated carbocycles. The van der Waals surface area contributed by atoms with Crippen LogP contribution in [0.1, 0.15) is 46.0 Å². The normalized spacial score (nSPS) is 31.6. The van der Waals surface area contributed by atoms with Gasteiger partial charge in [-0.15, -0.1) is 0 Å². The third-order valence-corrected chi connectivity index (χ3v) is 3.22. The molecule has 0 radical (unpaired) electrons. The Morgan fingerprint density at radius 3 is 2.46 bits per heavy atom. The quantitative estimate of drug-likeness (QED) is 0.700. The minimum atomic E-state index is 0.474. The first-order valence-corrected chi connectivity index (χ1v) is 5.71. The van der Waals surface area contributed by atoms with Crippen molar-refractivity contribution in [1.82, 2.24) is 5.32 Å². The Labute approximate surface area is 82.3 Å². The smallest absolute Gasteiger partial charge is 0.00683 e. The summed E-state index contributed by atoms with van der Waals surface area (Å²) in [5, 5.41) is 3.64. The van der Waals surface area contributed by atoms with Crippen molar-refractivity contribution in [3.05, 3.63) is 0 Å². The van der Waals surface area contributed by atoms with Crippen LogP contribution >= 0.6 is 0 Å². The highest BCUT2D eigenvalue weighted by Crippen LogP contribution is 2.17. The third-order valence-electron chi connectivity index (χ3n) is 3.22. The fraction of sp³-hybridized carbons (Fsp3) is 1.00. The summed E-state index contributed by atoms with van der Waals surface area (Å²) in [6, 6.07) is 1.22. The number of hydrogen-bond acceptors (Lipinski definition) is 2. The Morgan fingerprint density at radius 1 is 1.31 bits per heavy atom. The van der Waals surface area contributed by atoms with Crippen molar-refractivity contribution in [1.29, 1.82) is 0 Å². The van der Waals surface area contributed by atoms with E-state index in [0.29, 0.717) is 6.04 Å². The second kappa shape index (κ2) is 5.61. The maximum atomic E-state index is 5.85. The van der Waals surface area contributed by atoms with Gasteiger partial charge in [-0.1, -0.05) is 20.3 Å². The molecule has 0 aliphatic heterocycles. The topological polar surface area (TPSA) is 38.0 Å². The molecule has 0 aromatic rings. The van der Waals surface area contributed by atoms with Crippen LogP contribution in [0, 0.1) is 5.92 Å². The fourth-order valence-corrected chi connectivity index (χ4v) is 1.84. The van der Waals surface area contributed by atoms with Crippen LogP contribution in [-0.2, 0) is 0 Å². The largest absolute Gasteiger partial charge is 0.328 e. The van der Waals surface area contributed by atoms with Gasteiger partial charge in [0.1, 0.15) is 0 Å². The number of rotatable bonds is 4. The molecule has 2 heteroatoms. The first-order valence-electron chi connectivity index (χ1n) is 5.71. The van der Waals surface area contributed by atoms with Gasteiger partial charge in [0.25, 0.3) is 0 Å². The number of nitrogens with two attached hydrogens (primary N) is 1.